The van der Waals surface area contributed by atoms with Gasteiger partial charge in [-0.2, -0.15) is 0 Å². The van der Waals surface area contributed by atoms with Crippen molar-refractivity contribution in [3.8, 4) is 0 Å². The summed E-state index contributed by atoms with van der Waals surface area (Å²) >= 11 is 0. The highest BCUT2D eigenvalue weighted by Crippen LogP contribution is 2.43. The van der Waals surface area contributed by atoms with Crippen LogP contribution in [0.15, 0.2) is 24.3 Å². The predicted octanol–water partition coefficient (Wildman–Crippen LogP) is 6.93. The van der Waals surface area contributed by atoms with Gasteiger partial charge in [-0.15, -0.1) is 0 Å². The van der Waals surface area contributed by atoms with Gasteiger partial charge in [0.25, 0.3) is 0 Å². The molecular formula is C39H72NO12P. The first-order chi connectivity index (χ1) is 25.5. The zero-order valence-electron chi connectivity index (χ0n) is 32.5. The molecule has 310 valence electrons. The number of esters is 2. The molecule has 6 N–H and O–H groups in total. The SMILES string of the molecule is CCCCCCCCCCCCCC(=O)O[C@H](COC(=O)CCC/C=C\C[C@H]1[C@@H](O)CC(O)O[C@@H]1/C=C/[C@@H](O)CCCCC)COP(=O)(O)OCCN. The molecule has 1 heterocycles. The van der Waals surface area contributed by atoms with E-state index in [1.54, 1.807) is 12.2 Å². The van der Waals surface area contributed by atoms with Crippen LogP contribution in [0, 0.1) is 5.92 Å². The molecular weight excluding hydrogens is 705 g/mol. The Morgan fingerprint density at radius 1 is 0.849 bits per heavy atom. The van der Waals surface area contributed by atoms with E-state index in [9.17, 15) is 34.4 Å². The molecule has 1 aliphatic rings. The minimum absolute atomic E-state index is 0.0152. The fraction of sp³-hybridized carbons (Fsp3) is 0.846. The summed E-state index contributed by atoms with van der Waals surface area (Å²) in [6.07, 6.45) is 21.2. The summed E-state index contributed by atoms with van der Waals surface area (Å²) in [7, 11) is -4.44. The molecule has 0 aromatic heterocycles. The molecule has 0 amide bonds. The maximum Gasteiger partial charge on any atom is 0.472 e. The van der Waals surface area contributed by atoms with Gasteiger partial charge in [-0.25, -0.2) is 4.57 Å². The van der Waals surface area contributed by atoms with Crippen molar-refractivity contribution in [2.24, 2.45) is 11.7 Å². The Morgan fingerprint density at radius 3 is 2.13 bits per heavy atom. The molecule has 0 saturated carbocycles. The standard InChI is InChI=1S/C39H72NO12P/c1-3-5-7-8-9-10-11-12-13-14-20-24-38(44)51-33(31-50-53(46,47)49-28-27-40)30-48-37(43)23-19-16-15-18-22-34-35(42)29-39(45)52-36(34)26-25-32(41)21-17-6-4-2/h15,18,25-26,32-36,39,41-42,45H,3-14,16-17,19-24,27-31,40H2,1-2H3,(H,46,47)/b18-15-,26-25+/t32-,33+,34-,35-,36+,39?/m0/s1. The number of phosphoric ester groups is 1. The van der Waals surface area contributed by atoms with E-state index in [1.165, 1.54) is 44.9 Å². The lowest BCUT2D eigenvalue weighted by molar-refractivity contribution is -0.199. The van der Waals surface area contributed by atoms with Crippen molar-refractivity contribution in [1.29, 1.82) is 0 Å². The molecule has 2 unspecified atom stereocenters. The summed E-state index contributed by atoms with van der Waals surface area (Å²) in [6, 6.07) is 0. The first kappa shape index (κ1) is 49.3. The van der Waals surface area contributed by atoms with Crippen LogP contribution in [0.5, 0.6) is 0 Å². The molecule has 0 aromatic rings. The van der Waals surface area contributed by atoms with Gasteiger partial charge < -0.3 is 40.2 Å². The second-order valence-corrected chi connectivity index (χ2v) is 15.5. The highest BCUT2D eigenvalue weighted by molar-refractivity contribution is 7.47. The van der Waals surface area contributed by atoms with Crippen LogP contribution < -0.4 is 5.73 Å². The number of carbonyl (C=O) groups excluding carboxylic acids is 2. The maximum absolute atomic E-state index is 12.6. The third-order valence-corrected chi connectivity index (χ3v) is 10.1. The Balaban J connectivity index is 2.49. The minimum atomic E-state index is -4.44. The number of aliphatic hydroxyl groups excluding tert-OH is 3. The van der Waals surface area contributed by atoms with Gasteiger partial charge in [-0.05, 0) is 32.1 Å². The number of nitrogens with two attached hydrogens (primary N) is 1. The molecule has 1 fully saturated rings. The largest absolute Gasteiger partial charge is 0.472 e. The van der Waals surface area contributed by atoms with Gasteiger partial charge >= 0.3 is 19.8 Å². The lowest BCUT2D eigenvalue weighted by Crippen LogP contribution is -2.43. The van der Waals surface area contributed by atoms with E-state index in [0.717, 1.165) is 38.5 Å². The Kier molecular flexibility index (Phi) is 29.4. The second-order valence-electron chi connectivity index (χ2n) is 14.0. The van der Waals surface area contributed by atoms with Crippen LogP contribution in [0.25, 0.3) is 0 Å². The summed E-state index contributed by atoms with van der Waals surface area (Å²) in [5, 5.41) is 30.9. The third-order valence-electron chi connectivity index (χ3n) is 9.14. The average Bonchev–Trinajstić information content (AvgIpc) is 3.12. The normalized spacial score (nSPS) is 21.5. The number of ether oxygens (including phenoxy) is 3. The number of hydrogen-bond donors (Lipinski definition) is 5. The predicted molar refractivity (Wildman–Crippen MR) is 205 cm³/mol. The van der Waals surface area contributed by atoms with Crippen molar-refractivity contribution in [2.45, 2.75) is 179 Å². The number of carbonyl (C=O) groups is 2. The summed E-state index contributed by atoms with van der Waals surface area (Å²) in [4.78, 5) is 34.9. The van der Waals surface area contributed by atoms with E-state index in [1.807, 2.05) is 12.2 Å². The number of rotatable bonds is 33. The zero-order valence-corrected chi connectivity index (χ0v) is 33.4. The van der Waals surface area contributed by atoms with Gasteiger partial charge in [-0.3, -0.25) is 18.6 Å². The van der Waals surface area contributed by atoms with Crippen molar-refractivity contribution in [3.05, 3.63) is 24.3 Å². The van der Waals surface area contributed by atoms with Gasteiger partial charge in [-0.1, -0.05) is 122 Å². The molecule has 1 saturated heterocycles. The lowest BCUT2D eigenvalue weighted by atomic mass is 9.87. The highest BCUT2D eigenvalue weighted by atomic mass is 31.2. The number of aliphatic hydroxyl groups is 3. The molecule has 13 nitrogen and oxygen atoms in total. The Labute approximate surface area is 318 Å². The molecule has 0 aromatic carbocycles. The molecule has 0 spiro atoms. The summed E-state index contributed by atoms with van der Waals surface area (Å²) in [5.41, 5.74) is 5.33. The first-order valence-corrected chi connectivity index (χ1v) is 21.7. The molecule has 0 aliphatic carbocycles. The van der Waals surface area contributed by atoms with Gasteiger partial charge in [0.05, 0.1) is 31.5 Å². The average molecular weight is 778 g/mol. The maximum atomic E-state index is 12.6. The van der Waals surface area contributed by atoms with E-state index in [0.29, 0.717) is 32.1 Å². The lowest BCUT2D eigenvalue weighted by Gasteiger charge is -2.36. The van der Waals surface area contributed by atoms with Gasteiger partial charge in [0.1, 0.15) is 6.61 Å². The molecule has 53 heavy (non-hydrogen) atoms. The van der Waals surface area contributed by atoms with E-state index < -0.39 is 57.1 Å². The molecule has 0 radical (unpaired) electrons. The van der Waals surface area contributed by atoms with Gasteiger partial charge in [0.2, 0.25) is 0 Å². The van der Waals surface area contributed by atoms with Crippen molar-refractivity contribution in [2.75, 3.05) is 26.4 Å². The fourth-order valence-corrected chi connectivity index (χ4v) is 6.79. The van der Waals surface area contributed by atoms with Crippen LogP contribution >= 0.6 is 7.82 Å². The quantitative estimate of drug-likeness (QED) is 0.0199. The molecule has 0 bridgehead atoms. The Morgan fingerprint density at radius 2 is 1.47 bits per heavy atom. The highest BCUT2D eigenvalue weighted by Gasteiger charge is 2.35. The number of unbranched alkanes of at least 4 members (excludes halogenated alkanes) is 13. The van der Waals surface area contributed by atoms with E-state index in [-0.39, 0.29) is 44.9 Å². The third kappa shape index (κ3) is 26.7. The van der Waals surface area contributed by atoms with E-state index in [2.05, 4.69) is 13.8 Å². The van der Waals surface area contributed by atoms with Crippen LogP contribution in [-0.4, -0.2) is 89.2 Å². The van der Waals surface area contributed by atoms with E-state index in [4.69, 9.17) is 29.0 Å². The molecule has 1 aliphatic heterocycles. The smallest absolute Gasteiger partial charge is 0.462 e. The minimum Gasteiger partial charge on any atom is -0.462 e. The van der Waals surface area contributed by atoms with Crippen molar-refractivity contribution >= 4 is 19.8 Å². The molecule has 14 heteroatoms. The summed E-state index contributed by atoms with van der Waals surface area (Å²) < 4.78 is 38.3. The Hall–Kier alpha value is -1.67. The van der Waals surface area contributed by atoms with Crippen LogP contribution in [-0.2, 0) is 37.4 Å². The zero-order chi connectivity index (χ0) is 39.2. The van der Waals surface area contributed by atoms with Gasteiger partial charge in [0, 0.05) is 31.7 Å². The van der Waals surface area contributed by atoms with Crippen LogP contribution in [0.3, 0.4) is 0 Å². The fourth-order valence-electron chi connectivity index (χ4n) is 6.03. The van der Waals surface area contributed by atoms with Crippen LogP contribution in [0.4, 0.5) is 0 Å². The van der Waals surface area contributed by atoms with Gasteiger partial charge in [0.15, 0.2) is 12.4 Å². The Bertz CT molecular complexity index is 1040. The van der Waals surface area contributed by atoms with Crippen molar-refractivity contribution in [1.82, 2.24) is 0 Å². The van der Waals surface area contributed by atoms with Crippen molar-refractivity contribution in [3.63, 3.8) is 0 Å². The van der Waals surface area contributed by atoms with Crippen LogP contribution in [0.2, 0.25) is 0 Å². The summed E-state index contributed by atoms with van der Waals surface area (Å²) in [5.74, 6) is -1.33. The van der Waals surface area contributed by atoms with Crippen molar-refractivity contribution < 1.29 is 57.6 Å². The topological polar surface area (TPSA) is 204 Å². The molecule has 7 atom stereocenters. The number of phosphoric acid groups is 1. The monoisotopic (exact) mass is 777 g/mol. The molecule has 1 rings (SSSR count). The number of allylic oxidation sites excluding steroid dienone is 2. The second kappa shape index (κ2) is 31.5. The van der Waals surface area contributed by atoms with Crippen LogP contribution in [0.1, 0.15) is 149 Å². The van der Waals surface area contributed by atoms with E-state index >= 15 is 0 Å². The summed E-state index contributed by atoms with van der Waals surface area (Å²) in [6.45, 7) is 3.29. The number of hydrogen-bond acceptors (Lipinski definition) is 12. The first-order valence-electron chi connectivity index (χ1n) is 20.2.